The van der Waals surface area contributed by atoms with Crippen molar-refractivity contribution in [3.05, 3.63) is 24.0 Å². The maximum absolute atomic E-state index is 13.3. The molecule has 2 N–H and O–H groups in total. The predicted molar refractivity (Wildman–Crippen MR) is 65.3 cm³/mol. The minimum absolute atomic E-state index is 0.245. The van der Waals surface area contributed by atoms with Crippen molar-refractivity contribution in [3.63, 3.8) is 0 Å². The van der Waals surface area contributed by atoms with Crippen molar-refractivity contribution < 1.29 is 4.39 Å². The van der Waals surface area contributed by atoms with Crippen LogP contribution in [0.1, 0.15) is 12.5 Å². The van der Waals surface area contributed by atoms with E-state index in [9.17, 15) is 4.39 Å². The molecule has 0 bridgehead atoms. The lowest BCUT2D eigenvalue weighted by Gasteiger charge is -2.14. The Kier molecular flexibility index (Phi) is 2.29. The van der Waals surface area contributed by atoms with Gasteiger partial charge in [-0.3, -0.25) is 0 Å². The molecular formula is C12H15FN4. The van der Waals surface area contributed by atoms with Gasteiger partial charge in [-0.15, -0.1) is 0 Å². The Hall–Kier alpha value is -1.62. The Morgan fingerprint density at radius 1 is 1.47 bits per heavy atom. The average molecular weight is 234 g/mol. The topological polar surface area (TPSA) is 47.1 Å². The molecule has 3 rings (SSSR count). The fourth-order valence-electron chi connectivity index (χ4n) is 2.59. The number of anilines is 1. The highest BCUT2D eigenvalue weighted by Crippen LogP contribution is 2.28. The number of likely N-dealkylation sites (N-methyl/N-ethyl adjacent to an activating group) is 1. The van der Waals surface area contributed by atoms with Crippen LogP contribution in [0.3, 0.4) is 0 Å². The van der Waals surface area contributed by atoms with Gasteiger partial charge in [0.25, 0.3) is 0 Å². The highest BCUT2D eigenvalue weighted by Gasteiger charge is 2.24. The van der Waals surface area contributed by atoms with Crippen LogP contribution in [0.2, 0.25) is 0 Å². The number of imidazole rings is 1. The third-order valence-electron chi connectivity index (χ3n) is 3.41. The maximum Gasteiger partial charge on any atom is 0.201 e. The average Bonchev–Trinajstić information content (AvgIpc) is 2.81. The molecule has 1 aliphatic heterocycles. The van der Waals surface area contributed by atoms with E-state index in [0.29, 0.717) is 12.0 Å². The lowest BCUT2D eigenvalue weighted by atomic mass is 10.2. The summed E-state index contributed by atoms with van der Waals surface area (Å²) in [5, 5.41) is 0. The number of hydrogen-bond donors (Lipinski definition) is 1. The van der Waals surface area contributed by atoms with Gasteiger partial charge >= 0.3 is 0 Å². The predicted octanol–water partition coefficient (Wildman–Crippen LogP) is 1.63. The van der Waals surface area contributed by atoms with Crippen LogP contribution in [-0.2, 0) is 0 Å². The first-order valence-electron chi connectivity index (χ1n) is 5.76. The molecule has 1 aromatic heterocycles. The van der Waals surface area contributed by atoms with Crippen molar-refractivity contribution in [1.29, 1.82) is 0 Å². The highest BCUT2D eigenvalue weighted by molar-refractivity contribution is 5.78. The summed E-state index contributed by atoms with van der Waals surface area (Å²) < 4.78 is 15.3. The van der Waals surface area contributed by atoms with Crippen molar-refractivity contribution in [2.24, 2.45) is 0 Å². The van der Waals surface area contributed by atoms with Crippen molar-refractivity contribution >= 4 is 17.0 Å². The minimum atomic E-state index is -0.245. The second-order valence-corrected chi connectivity index (χ2v) is 4.68. The number of benzene rings is 1. The quantitative estimate of drug-likeness (QED) is 0.816. The van der Waals surface area contributed by atoms with Gasteiger partial charge in [0.05, 0.1) is 17.1 Å². The Bertz CT molecular complexity index is 563. The van der Waals surface area contributed by atoms with Crippen LogP contribution < -0.4 is 5.73 Å². The largest absolute Gasteiger partial charge is 0.369 e. The summed E-state index contributed by atoms with van der Waals surface area (Å²) in [6.07, 6.45) is 1.03. The molecule has 1 atom stereocenters. The molecule has 90 valence electrons. The molecule has 5 heteroatoms. The Morgan fingerprint density at radius 2 is 2.29 bits per heavy atom. The summed E-state index contributed by atoms with van der Waals surface area (Å²) in [6.45, 7) is 1.98. The fraction of sp³-hybridized carbons (Fsp3) is 0.417. The van der Waals surface area contributed by atoms with Gasteiger partial charge in [0, 0.05) is 6.54 Å². The van der Waals surface area contributed by atoms with Crippen LogP contribution in [0, 0.1) is 5.82 Å². The molecule has 0 saturated carbocycles. The number of fused-ring (bicyclic) bond motifs is 1. The van der Waals surface area contributed by atoms with Crippen LogP contribution in [0.25, 0.3) is 11.0 Å². The molecule has 1 unspecified atom stereocenters. The Labute approximate surface area is 98.8 Å². The molecular weight excluding hydrogens is 219 g/mol. The monoisotopic (exact) mass is 234 g/mol. The first-order valence-corrected chi connectivity index (χ1v) is 5.76. The molecule has 4 nitrogen and oxygen atoms in total. The van der Waals surface area contributed by atoms with E-state index in [1.165, 1.54) is 12.1 Å². The number of nitrogen functional groups attached to an aromatic ring is 1. The van der Waals surface area contributed by atoms with Gasteiger partial charge in [0.1, 0.15) is 5.82 Å². The summed E-state index contributed by atoms with van der Waals surface area (Å²) in [5.74, 6) is 0.232. The fourth-order valence-corrected chi connectivity index (χ4v) is 2.59. The van der Waals surface area contributed by atoms with E-state index in [1.807, 2.05) is 4.57 Å². The number of nitrogens with two attached hydrogens (primary N) is 1. The van der Waals surface area contributed by atoms with E-state index in [-0.39, 0.29) is 5.82 Å². The summed E-state index contributed by atoms with van der Waals surface area (Å²) in [4.78, 5) is 6.52. The van der Waals surface area contributed by atoms with Crippen LogP contribution in [-0.4, -0.2) is 34.6 Å². The number of rotatable bonds is 1. The maximum atomic E-state index is 13.3. The van der Waals surface area contributed by atoms with E-state index in [4.69, 9.17) is 5.73 Å². The zero-order valence-electron chi connectivity index (χ0n) is 9.73. The molecule has 1 fully saturated rings. The van der Waals surface area contributed by atoms with Crippen LogP contribution >= 0.6 is 0 Å². The third kappa shape index (κ3) is 1.67. The molecule has 1 aromatic carbocycles. The summed E-state index contributed by atoms with van der Waals surface area (Å²) in [7, 11) is 2.08. The lowest BCUT2D eigenvalue weighted by molar-refractivity contribution is 0.395. The molecule has 1 aliphatic rings. The number of hydrogen-bond acceptors (Lipinski definition) is 3. The third-order valence-corrected chi connectivity index (χ3v) is 3.41. The number of aromatic nitrogens is 2. The molecule has 0 radical (unpaired) electrons. The molecule has 0 spiro atoms. The second-order valence-electron chi connectivity index (χ2n) is 4.68. The van der Waals surface area contributed by atoms with Crippen LogP contribution in [0.15, 0.2) is 18.2 Å². The van der Waals surface area contributed by atoms with Gasteiger partial charge in [-0.05, 0) is 38.2 Å². The summed E-state index contributed by atoms with van der Waals surface area (Å²) in [5.41, 5.74) is 7.50. The first-order chi connectivity index (χ1) is 8.15. The SMILES string of the molecule is CN1CCC(n2c(N)nc3ccc(F)cc32)C1. The first kappa shape index (κ1) is 10.5. The van der Waals surface area contributed by atoms with Crippen LogP contribution in [0.4, 0.5) is 10.3 Å². The number of likely N-dealkylation sites (tertiary alicyclic amines) is 1. The molecule has 2 aromatic rings. The smallest absolute Gasteiger partial charge is 0.201 e. The molecule has 17 heavy (non-hydrogen) atoms. The van der Waals surface area contributed by atoms with Gasteiger partial charge in [-0.1, -0.05) is 0 Å². The van der Waals surface area contributed by atoms with Crippen molar-refractivity contribution in [2.75, 3.05) is 25.9 Å². The van der Waals surface area contributed by atoms with Crippen LogP contribution in [0.5, 0.6) is 0 Å². The summed E-state index contributed by atoms with van der Waals surface area (Å²) in [6, 6.07) is 4.90. The standard InChI is InChI=1S/C12H15FN4/c1-16-5-4-9(7-16)17-11-6-8(13)2-3-10(11)15-12(17)14/h2-3,6,9H,4-5,7H2,1H3,(H2,14,15). The zero-order chi connectivity index (χ0) is 12.0. The molecule has 0 amide bonds. The summed E-state index contributed by atoms with van der Waals surface area (Å²) >= 11 is 0. The highest BCUT2D eigenvalue weighted by atomic mass is 19.1. The number of nitrogens with zero attached hydrogens (tertiary/aromatic N) is 3. The van der Waals surface area contributed by atoms with Crippen molar-refractivity contribution in [2.45, 2.75) is 12.5 Å². The Morgan fingerprint density at radius 3 is 3.00 bits per heavy atom. The van der Waals surface area contributed by atoms with E-state index in [0.717, 1.165) is 30.5 Å². The van der Waals surface area contributed by atoms with E-state index in [1.54, 1.807) is 6.07 Å². The second kappa shape index (κ2) is 3.70. The normalized spacial score (nSPS) is 21.4. The van der Waals surface area contributed by atoms with Crippen molar-refractivity contribution in [1.82, 2.24) is 14.5 Å². The van der Waals surface area contributed by atoms with Gasteiger partial charge in [0.15, 0.2) is 0 Å². The van der Waals surface area contributed by atoms with Crippen molar-refractivity contribution in [3.8, 4) is 0 Å². The zero-order valence-corrected chi connectivity index (χ0v) is 9.73. The van der Waals surface area contributed by atoms with E-state index >= 15 is 0 Å². The molecule has 0 aliphatic carbocycles. The van der Waals surface area contributed by atoms with E-state index in [2.05, 4.69) is 16.9 Å². The van der Waals surface area contributed by atoms with E-state index < -0.39 is 0 Å². The molecule has 2 heterocycles. The number of halogens is 1. The minimum Gasteiger partial charge on any atom is -0.369 e. The Balaban J connectivity index is 2.14. The lowest BCUT2D eigenvalue weighted by Crippen LogP contribution is -2.17. The van der Waals surface area contributed by atoms with Gasteiger partial charge in [0.2, 0.25) is 5.95 Å². The van der Waals surface area contributed by atoms with Gasteiger partial charge in [-0.25, -0.2) is 9.37 Å². The van der Waals surface area contributed by atoms with Gasteiger partial charge < -0.3 is 15.2 Å². The van der Waals surface area contributed by atoms with Gasteiger partial charge in [-0.2, -0.15) is 0 Å². The molecule has 1 saturated heterocycles.